The average Bonchev–Trinajstić information content (AvgIpc) is 3.10. The van der Waals surface area contributed by atoms with Gasteiger partial charge in [0.05, 0.1) is 11.2 Å². The molecule has 4 aliphatic rings. The number of fused-ring (bicyclic) bond motifs is 4. The maximum Gasteiger partial charge on any atom is 0.223 e. The monoisotopic (exact) mass is 401 g/mol. The molecule has 0 aromatic carbocycles. The highest BCUT2D eigenvalue weighted by Crippen LogP contribution is 2.45. The van der Waals surface area contributed by atoms with E-state index in [4.69, 9.17) is 0 Å². The van der Waals surface area contributed by atoms with Crippen LogP contribution in [0.15, 0.2) is 5.51 Å². The Morgan fingerprint density at radius 2 is 1.93 bits per heavy atom. The molecule has 4 heterocycles. The van der Waals surface area contributed by atoms with E-state index < -0.39 is 0 Å². The molecule has 1 amide bonds. The SMILES string of the molecule is Cc1ncsc1CN1C[C@H]2C[C@@H](C1)[C@H](CC1CCCCC1)N1C(=O)CCC[C@@H]21. The molecule has 5 heteroatoms. The van der Waals surface area contributed by atoms with Gasteiger partial charge in [-0.15, -0.1) is 11.3 Å². The van der Waals surface area contributed by atoms with Crippen LogP contribution in [0, 0.1) is 24.7 Å². The van der Waals surface area contributed by atoms with Crippen LogP contribution in [0.3, 0.4) is 0 Å². The van der Waals surface area contributed by atoms with Crippen LogP contribution < -0.4 is 0 Å². The standard InChI is InChI=1S/C23H35N3OS/c1-16-22(28-15-24-16)14-25-12-18-11-19(13-25)21(10-17-6-3-2-4-7-17)26-20(18)8-5-9-23(26)27/h15,17-21H,2-14H2,1H3/t18-,19+,20+,21+/m1/s1. The van der Waals surface area contributed by atoms with Crippen LogP contribution in [0.4, 0.5) is 0 Å². The van der Waals surface area contributed by atoms with Crippen LogP contribution in [-0.4, -0.2) is 45.9 Å². The third-order valence-corrected chi connectivity index (χ3v) is 9.00. The van der Waals surface area contributed by atoms with Crippen LogP contribution >= 0.6 is 11.3 Å². The Balaban J connectivity index is 1.36. The number of carbonyl (C=O) groups is 1. The van der Waals surface area contributed by atoms with Crippen molar-refractivity contribution in [2.75, 3.05) is 13.1 Å². The second kappa shape index (κ2) is 8.06. The topological polar surface area (TPSA) is 36.4 Å². The van der Waals surface area contributed by atoms with E-state index in [1.54, 1.807) is 11.3 Å². The van der Waals surface area contributed by atoms with E-state index in [-0.39, 0.29) is 0 Å². The van der Waals surface area contributed by atoms with Gasteiger partial charge in [-0.2, -0.15) is 0 Å². The van der Waals surface area contributed by atoms with Gasteiger partial charge in [0.1, 0.15) is 0 Å². The fraction of sp³-hybridized carbons (Fsp3) is 0.826. The summed E-state index contributed by atoms with van der Waals surface area (Å²) in [5, 5.41) is 0. The molecule has 3 saturated heterocycles. The number of nitrogens with zero attached hydrogens (tertiary/aromatic N) is 3. The number of aromatic nitrogens is 1. The first-order valence-corrected chi connectivity index (χ1v) is 12.5. The van der Waals surface area contributed by atoms with Crippen LogP contribution in [0.2, 0.25) is 0 Å². The van der Waals surface area contributed by atoms with Gasteiger partial charge in [0.15, 0.2) is 0 Å². The van der Waals surface area contributed by atoms with Crippen LogP contribution in [0.5, 0.6) is 0 Å². The van der Waals surface area contributed by atoms with Crippen molar-refractivity contribution in [2.45, 2.75) is 89.8 Å². The van der Waals surface area contributed by atoms with E-state index in [1.165, 1.54) is 75.0 Å². The molecule has 0 N–H and O–H groups in total. The fourth-order valence-corrected chi connectivity index (χ4v) is 7.57. The van der Waals surface area contributed by atoms with E-state index in [0.29, 0.717) is 29.8 Å². The number of piperidine rings is 3. The third-order valence-electron chi connectivity index (χ3n) is 8.08. The zero-order chi connectivity index (χ0) is 19.1. The number of carbonyl (C=O) groups excluding carboxylic acids is 1. The molecule has 4 atom stereocenters. The Morgan fingerprint density at radius 3 is 2.71 bits per heavy atom. The fourth-order valence-electron chi connectivity index (χ4n) is 6.75. The summed E-state index contributed by atoms with van der Waals surface area (Å²) in [4.78, 5) is 24.0. The predicted molar refractivity (Wildman–Crippen MR) is 113 cm³/mol. The van der Waals surface area contributed by atoms with Crippen molar-refractivity contribution in [1.82, 2.24) is 14.8 Å². The zero-order valence-electron chi connectivity index (χ0n) is 17.3. The molecule has 4 nitrogen and oxygen atoms in total. The van der Waals surface area contributed by atoms with Crippen molar-refractivity contribution in [2.24, 2.45) is 17.8 Å². The molecule has 5 rings (SSSR count). The van der Waals surface area contributed by atoms with Gasteiger partial charge in [0.25, 0.3) is 0 Å². The summed E-state index contributed by atoms with van der Waals surface area (Å²) in [7, 11) is 0. The molecule has 0 radical (unpaired) electrons. The Morgan fingerprint density at radius 1 is 1.11 bits per heavy atom. The number of likely N-dealkylation sites (tertiary alicyclic amines) is 1. The van der Waals surface area contributed by atoms with Crippen molar-refractivity contribution >= 4 is 17.2 Å². The Bertz CT molecular complexity index is 698. The van der Waals surface area contributed by atoms with E-state index in [0.717, 1.165) is 25.3 Å². The molecule has 0 spiro atoms. The van der Waals surface area contributed by atoms with Gasteiger partial charge in [-0.1, -0.05) is 32.1 Å². The number of amides is 1. The van der Waals surface area contributed by atoms with Crippen molar-refractivity contribution in [3.8, 4) is 0 Å². The summed E-state index contributed by atoms with van der Waals surface area (Å²) in [5.41, 5.74) is 3.19. The maximum atomic E-state index is 13.0. The summed E-state index contributed by atoms with van der Waals surface area (Å²) in [6.07, 6.45) is 12.8. The number of aryl methyl sites for hydroxylation is 1. The van der Waals surface area contributed by atoms with Crippen LogP contribution in [0.25, 0.3) is 0 Å². The Labute approximate surface area is 173 Å². The molecule has 2 bridgehead atoms. The molecule has 1 aliphatic carbocycles. The molecule has 154 valence electrons. The lowest BCUT2D eigenvalue weighted by Gasteiger charge is -2.57. The average molecular weight is 402 g/mol. The first kappa shape index (κ1) is 19.0. The van der Waals surface area contributed by atoms with Gasteiger partial charge in [-0.05, 0) is 50.4 Å². The van der Waals surface area contributed by atoms with E-state index in [9.17, 15) is 4.79 Å². The lowest BCUT2D eigenvalue weighted by Crippen LogP contribution is -2.65. The minimum absolute atomic E-state index is 0.471. The number of rotatable bonds is 4. The maximum absolute atomic E-state index is 13.0. The highest BCUT2D eigenvalue weighted by molar-refractivity contribution is 7.09. The number of hydrogen-bond donors (Lipinski definition) is 0. The van der Waals surface area contributed by atoms with E-state index >= 15 is 0 Å². The molecular weight excluding hydrogens is 366 g/mol. The smallest absolute Gasteiger partial charge is 0.223 e. The van der Waals surface area contributed by atoms with Gasteiger partial charge in [0, 0.05) is 43.0 Å². The van der Waals surface area contributed by atoms with E-state index in [2.05, 4.69) is 21.7 Å². The molecule has 3 aliphatic heterocycles. The molecule has 4 fully saturated rings. The minimum Gasteiger partial charge on any atom is -0.336 e. The normalized spacial score (nSPS) is 34.5. The molecule has 1 aromatic heterocycles. The van der Waals surface area contributed by atoms with Gasteiger partial charge in [-0.25, -0.2) is 4.98 Å². The highest BCUT2D eigenvalue weighted by Gasteiger charge is 2.49. The second-order valence-corrected chi connectivity index (χ2v) is 10.8. The third kappa shape index (κ3) is 3.65. The first-order chi connectivity index (χ1) is 13.7. The molecule has 1 aromatic rings. The summed E-state index contributed by atoms with van der Waals surface area (Å²) < 4.78 is 0. The quantitative estimate of drug-likeness (QED) is 0.738. The second-order valence-electron chi connectivity index (χ2n) is 9.88. The van der Waals surface area contributed by atoms with Crippen LogP contribution in [-0.2, 0) is 11.3 Å². The van der Waals surface area contributed by atoms with Gasteiger partial charge < -0.3 is 4.90 Å². The van der Waals surface area contributed by atoms with Crippen molar-refractivity contribution < 1.29 is 4.79 Å². The lowest BCUT2D eigenvalue weighted by atomic mass is 9.69. The lowest BCUT2D eigenvalue weighted by molar-refractivity contribution is -0.154. The van der Waals surface area contributed by atoms with Crippen molar-refractivity contribution in [1.29, 1.82) is 0 Å². The number of hydrogen-bond acceptors (Lipinski definition) is 4. The summed E-state index contributed by atoms with van der Waals surface area (Å²) in [5.74, 6) is 2.68. The molecule has 28 heavy (non-hydrogen) atoms. The Hall–Kier alpha value is -0.940. The van der Waals surface area contributed by atoms with Gasteiger partial charge in [0.2, 0.25) is 5.91 Å². The summed E-state index contributed by atoms with van der Waals surface area (Å²) in [6, 6.07) is 1.01. The van der Waals surface area contributed by atoms with Gasteiger partial charge >= 0.3 is 0 Å². The minimum atomic E-state index is 0.471. The summed E-state index contributed by atoms with van der Waals surface area (Å²) >= 11 is 1.81. The molecule has 0 unspecified atom stereocenters. The first-order valence-electron chi connectivity index (χ1n) is 11.6. The molecule has 1 saturated carbocycles. The Kier molecular flexibility index (Phi) is 5.48. The highest BCUT2D eigenvalue weighted by atomic mass is 32.1. The van der Waals surface area contributed by atoms with Gasteiger partial charge in [-0.3, -0.25) is 9.69 Å². The molecular formula is C23H35N3OS. The van der Waals surface area contributed by atoms with E-state index in [1.807, 2.05) is 5.51 Å². The zero-order valence-corrected chi connectivity index (χ0v) is 18.1. The summed E-state index contributed by atoms with van der Waals surface area (Å²) in [6.45, 7) is 5.53. The van der Waals surface area contributed by atoms with Crippen molar-refractivity contribution in [3.63, 3.8) is 0 Å². The number of thiazole rings is 1. The van der Waals surface area contributed by atoms with Crippen LogP contribution in [0.1, 0.15) is 74.8 Å². The largest absolute Gasteiger partial charge is 0.336 e. The van der Waals surface area contributed by atoms with Crippen molar-refractivity contribution in [3.05, 3.63) is 16.1 Å². The predicted octanol–water partition coefficient (Wildman–Crippen LogP) is 4.62.